The fourth-order valence-electron chi connectivity index (χ4n) is 2.45. The zero-order valence-electron chi connectivity index (χ0n) is 11.7. The molecular weight excluding hydrogens is 240 g/mol. The predicted octanol–water partition coefficient (Wildman–Crippen LogP) is 1.06. The fourth-order valence-corrected chi connectivity index (χ4v) is 2.45. The molecule has 0 spiro atoms. The first-order valence-corrected chi connectivity index (χ1v) is 6.79. The van der Waals surface area contributed by atoms with Crippen LogP contribution in [0, 0.1) is 0 Å². The highest BCUT2D eigenvalue weighted by atomic mass is 16.3. The van der Waals surface area contributed by atoms with Crippen LogP contribution in [0.5, 0.6) is 0 Å². The van der Waals surface area contributed by atoms with E-state index in [1.165, 1.54) is 5.56 Å². The summed E-state index contributed by atoms with van der Waals surface area (Å²) >= 11 is 0. The van der Waals surface area contributed by atoms with E-state index in [9.17, 15) is 4.79 Å². The van der Waals surface area contributed by atoms with Crippen molar-refractivity contribution >= 4 is 11.6 Å². The van der Waals surface area contributed by atoms with Crippen LogP contribution < -0.4 is 4.90 Å². The summed E-state index contributed by atoms with van der Waals surface area (Å²) in [7, 11) is 3.90. The molecule has 1 amide bonds. The van der Waals surface area contributed by atoms with Crippen molar-refractivity contribution in [3.8, 4) is 0 Å². The maximum Gasteiger partial charge on any atom is 0.231 e. The molecule has 0 saturated heterocycles. The summed E-state index contributed by atoms with van der Waals surface area (Å²) in [4.78, 5) is 15.6. The normalized spacial score (nSPS) is 14.3. The van der Waals surface area contributed by atoms with E-state index in [2.05, 4.69) is 24.1 Å². The number of hydrogen-bond acceptors (Lipinski definition) is 3. The van der Waals surface area contributed by atoms with Crippen molar-refractivity contribution in [3.63, 3.8) is 0 Å². The van der Waals surface area contributed by atoms with Crippen LogP contribution in [-0.4, -0.2) is 49.7 Å². The summed E-state index contributed by atoms with van der Waals surface area (Å²) in [5.74, 6) is 0.173. The Morgan fingerprint density at radius 3 is 2.89 bits per heavy atom. The van der Waals surface area contributed by atoms with Crippen LogP contribution in [0.3, 0.4) is 0 Å². The van der Waals surface area contributed by atoms with Crippen LogP contribution in [0.2, 0.25) is 0 Å². The summed E-state index contributed by atoms with van der Waals surface area (Å²) in [6.07, 6.45) is 2.33. The SMILES string of the molecule is CN(CCCO)CCc1ccc2c(c1)CC(=O)N2C. The summed E-state index contributed by atoms with van der Waals surface area (Å²) < 4.78 is 0. The third kappa shape index (κ3) is 3.33. The molecule has 0 radical (unpaired) electrons. The molecular formula is C15H22N2O2. The average molecular weight is 262 g/mol. The number of hydrogen-bond donors (Lipinski definition) is 1. The average Bonchev–Trinajstić information content (AvgIpc) is 2.69. The number of carbonyl (C=O) groups excluding carboxylic acids is 1. The van der Waals surface area contributed by atoms with Gasteiger partial charge in [0.15, 0.2) is 0 Å². The summed E-state index contributed by atoms with van der Waals surface area (Å²) in [6, 6.07) is 6.30. The molecule has 2 rings (SSSR count). The van der Waals surface area contributed by atoms with Gasteiger partial charge in [0.25, 0.3) is 0 Å². The van der Waals surface area contributed by atoms with Gasteiger partial charge in [-0.2, -0.15) is 0 Å². The van der Waals surface area contributed by atoms with E-state index in [0.717, 1.165) is 37.2 Å². The van der Waals surface area contributed by atoms with Gasteiger partial charge in [0.1, 0.15) is 0 Å². The Kier molecular flexibility index (Phi) is 4.56. The lowest BCUT2D eigenvalue weighted by molar-refractivity contribution is -0.117. The molecule has 1 aliphatic rings. The van der Waals surface area contributed by atoms with Crippen LogP contribution in [0.25, 0.3) is 0 Å². The lowest BCUT2D eigenvalue weighted by Gasteiger charge is -2.16. The molecule has 0 aromatic heterocycles. The van der Waals surface area contributed by atoms with Gasteiger partial charge < -0.3 is 14.9 Å². The number of aliphatic hydroxyl groups is 1. The van der Waals surface area contributed by atoms with Crippen LogP contribution >= 0.6 is 0 Å². The second kappa shape index (κ2) is 6.17. The topological polar surface area (TPSA) is 43.8 Å². The molecule has 1 heterocycles. The van der Waals surface area contributed by atoms with E-state index < -0.39 is 0 Å². The van der Waals surface area contributed by atoms with Crippen LogP contribution in [0.4, 0.5) is 5.69 Å². The van der Waals surface area contributed by atoms with Crippen molar-refractivity contribution in [1.29, 1.82) is 0 Å². The molecule has 0 fully saturated rings. The Hall–Kier alpha value is -1.39. The lowest BCUT2D eigenvalue weighted by atomic mass is 10.1. The van der Waals surface area contributed by atoms with Crippen molar-refractivity contribution in [1.82, 2.24) is 4.90 Å². The van der Waals surface area contributed by atoms with Gasteiger partial charge in [0.05, 0.1) is 6.42 Å². The number of likely N-dealkylation sites (N-methyl/N-ethyl adjacent to an activating group) is 2. The van der Waals surface area contributed by atoms with Gasteiger partial charge in [0, 0.05) is 32.4 Å². The molecule has 104 valence electrons. The van der Waals surface area contributed by atoms with Crippen LogP contribution in [0.15, 0.2) is 18.2 Å². The largest absolute Gasteiger partial charge is 0.396 e. The second-order valence-corrected chi connectivity index (χ2v) is 5.22. The van der Waals surface area contributed by atoms with E-state index in [1.807, 2.05) is 13.1 Å². The monoisotopic (exact) mass is 262 g/mol. The number of amides is 1. The number of anilines is 1. The fraction of sp³-hybridized carbons (Fsp3) is 0.533. The first-order chi connectivity index (χ1) is 9.11. The second-order valence-electron chi connectivity index (χ2n) is 5.22. The van der Waals surface area contributed by atoms with E-state index in [1.54, 1.807) is 4.90 Å². The van der Waals surface area contributed by atoms with E-state index in [4.69, 9.17) is 5.11 Å². The summed E-state index contributed by atoms with van der Waals surface area (Å²) in [5.41, 5.74) is 3.46. The van der Waals surface area contributed by atoms with E-state index in [0.29, 0.717) is 6.42 Å². The van der Waals surface area contributed by atoms with Crippen molar-refractivity contribution in [2.75, 3.05) is 38.7 Å². The van der Waals surface area contributed by atoms with Gasteiger partial charge in [0.2, 0.25) is 5.91 Å². The van der Waals surface area contributed by atoms with Crippen molar-refractivity contribution in [2.45, 2.75) is 19.3 Å². The minimum atomic E-state index is 0.173. The first-order valence-electron chi connectivity index (χ1n) is 6.79. The maximum absolute atomic E-state index is 11.6. The number of fused-ring (bicyclic) bond motifs is 1. The predicted molar refractivity (Wildman–Crippen MR) is 76.5 cm³/mol. The Labute approximate surface area is 114 Å². The zero-order valence-corrected chi connectivity index (χ0v) is 11.7. The standard InChI is InChI=1S/C15H22N2O2/c1-16(7-3-9-18)8-6-12-4-5-14-13(10-12)11-15(19)17(14)2/h4-5,10,18H,3,6-9,11H2,1-2H3. The van der Waals surface area contributed by atoms with Crippen molar-refractivity contribution < 1.29 is 9.90 Å². The van der Waals surface area contributed by atoms with Gasteiger partial charge in [-0.25, -0.2) is 0 Å². The van der Waals surface area contributed by atoms with Crippen molar-refractivity contribution in [3.05, 3.63) is 29.3 Å². The number of carbonyl (C=O) groups is 1. The Morgan fingerprint density at radius 1 is 1.37 bits per heavy atom. The molecule has 1 aliphatic heterocycles. The highest BCUT2D eigenvalue weighted by Gasteiger charge is 2.23. The molecule has 0 atom stereocenters. The Balaban J connectivity index is 1.93. The highest BCUT2D eigenvalue weighted by Crippen LogP contribution is 2.28. The summed E-state index contributed by atoms with van der Waals surface area (Å²) in [5, 5.41) is 8.79. The molecule has 0 saturated carbocycles. The Bertz CT molecular complexity index is 459. The van der Waals surface area contributed by atoms with Gasteiger partial charge in [-0.1, -0.05) is 12.1 Å². The van der Waals surface area contributed by atoms with E-state index in [-0.39, 0.29) is 12.5 Å². The Morgan fingerprint density at radius 2 is 2.16 bits per heavy atom. The van der Waals surface area contributed by atoms with Gasteiger partial charge in [-0.05, 0) is 37.1 Å². The molecule has 0 bridgehead atoms. The first kappa shape index (κ1) is 14.0. The minimum absolute atomic E-state index is 0.173. The highest BCUT2D eigenvalue weighted by molar-refractivity contribution is 6.00. The number of aliphatic hydroxyl groups excluding tert-OH is 1. The smallest absolute Gasteiger partial charge is 0.231 e. The molecule has 1 aromatic rings. The molecule has 4 heteroatoms. The maximum atomic E-state index is 11.6. The molecule has 1 N–H and O–H groups in total. The number of nitrogens with zero attached hydrogens (tertiary/aromatic N) is 2. The van der Waals surface area contributed by atoms with E-state index >= 15 is 0 Å². The molecule has 1 aromatic carbocycles. The van der Waals surface area contributed by atoms with Gasteiger partial charge in [-0.15, -0.1) is 0 Å². The molecule has 0 unspecified atom stereocenters. The molecule has 0 aliphatic carbocycles. The quantitative estimate of drug-likeness (QED) is 0.834. The molecule has 19 heavy (non-hydrogen) atoms. The summed E-state index contributed by atoms with van der Waals surface area (Å²) in [6.45, 7) is 2.14. The third-order valence-electron chi connectivity index (χ3n) is 3.70. The minimum Gasteiger partial charge on any atom is -0.396 e. The zero-order chi connectivity index (χ0) is 13.8. The van der Waals surface area contributed by atoms with Crippen LogP contribution in [0.1, 0.15) is 17.5 Å². The number of benzene rings is 1. The van der Waals surface area contributed by atoms with Crippen molar-refractivity contribution in [2.24, 2.45) is 0 Å². The van der Waals surface area contributed by atoms with Gasteiger partial charge >= 0.3 is 0 Å². The van der Waals surface area contributed by atoms with Crippen LogP contribution in [-0.2, 0) is 17.6 Å². The third-order valence-corrected chi connectivity index (χ3v) is 3.70. The van der Waals surface area contributed by atoms with Gasteiger partial charge in [-0.3, -0.25) is 4.79 Å². The lowest BCUT2D eigenvalue weighted by Crippen LogP contribution is -2.23. The molecule has 4 nitrogen and oxygen atoms in total. The number of rotatable bonds is 6.